The Kier molecular flexibility index (Phi) is 7.65. The molecule has 2 bridgehead atoms. The van der Waals surface area contributed by atoms with E-state index in [1.165, 1.54) is 87.7 Å². The van der Waals surface area contributed by atoms with E-state index < -0.39 is 0 Å². The molecule has 0 radical (unpaired) electrons. The highest BCUT2D eigenvalue weighted by atomic mass is 15.0. The van der Waals surface area contributed by atoms with E-state index in [4.69, 9.17) is 15.0 Å². The van der Waals surface area contributed by atoms with Crippen LogP contribution < -0.4 is 0 Å². The molecule has 60 heavy (non-hydrogen) atoms. The van der Waals surface area contributed by atoms with Gasteiger partial charge in [0.1, 0.15) is 0 Å². The molecule has 0 amide bonds. The van der Waals surface area contributed by atoms with Crippen LogP contribution in [0.4, 0.5) is 0 Å². The Morgan fingerprint density at radius 1 is 0.450 bits per heavy atom. The van der Waals surface area contributed by atoms with Gasteiger partial charge in [0, 0.05) is 32.9 Å². The molecule has 1 heterocycles. The Morgan fingerprint density at radius 3 is 1.75 bits per heavy atom. The van der Waals surface area contributed by atoms with Gasteiger partial charge >= 0.3 is 0 Å². The van der Waals surface area contributed by atoms with Gasteiger partial charge in [-0.25, -0.2) is 15.0 Å². The molecule has 5 aliphatic rings. The molecule has 0 aliphatic heterocycles. The fraction of sp³-hybridized carbons (Fsp3) is 0.316. The third-order valence-electron chi connectivity index (χ3n) is 16.3. The number of hydrogen-bond acceptors (Lipinski definition) is 3. The summed E-state index contributed by atoms with van der Waals surface area (Å²) in [5.74, 6) is 5.10. The van der Waals surface area contributed by atoms with Gasteiger partial charge in [0.25, 0.3) is 0 Å². The van der Waals surface area contributed by atoms with E-state index in [0.29, 0.717) is 29.3 Å². The fourth-order valence-corrected chi connectivity index (χ4v) is 13.4. The first-order valence-electron chi connectivity index (χ1n) is 22.6. The van der Waals surface area contributed by atoms with Gasteiger partial charge in [-0.05, 0) is 134 Å². The summed E-state index contributed by atoms with van der Waals surface area (Å²) in [5, 5.41) is 0. The molecular weight excluding hydrogens is 727 g/mol. The monoisotopic (exact) mass is 779 g/mol. The van der Waals surface area contributed by atoms with Crippen molar-refractivity contribution in [2.24, 2.45) is 23.7 Å². The summed E-state index contributed by atoms with van der Waals surface area (Å²) in [6, 6.07) is 47.7. The molecule has 3 heteroatoms. The van der Waals surface area contributed by atoms with Crippen LogP contribution in [0.1, 0.15) is 107 Å². The van der Waals surface area contributed by atoms with E-state index in [0.717, 1.165) is 28.5 Å². The van der Waals surface area contributed by atoms with Crippen molar-refractivity contribution in [1.29, 1.82) is 0 Å². The van der Waals surface area contributed by atoms with Crippen LogP contribution in [0.5, 0.6) is 0 Å². The van der Waals surface area contributed by atoms with Crippen molar-refractivity contribution in [1.82, 2.24) is 15.0 Å². The smallest absolute Gasteiger partial charge is 0.164 e. The molecule has 12 rings (SSSR count). The summed E-state index contributed by atoms with van der Waals surface area (Å²) in [6.07, 6.45) is 6.78. The summed E-state index contributed by atoms with van der Waals surface area (Å²) < 4.78 is 0. The molecule has 0 N–H and O–H groups in total. The van der Waals surface area contributed by atoms with Gasteiger partial charge < -0.3 is 0 Å². The summed E-state index contributed by atoms with van der Waals surface area (Å²) in [4.78, 5) is 15.7. The van der Waals surface area contributed by atoms with E-state index in [1.807, 2.05) is 6.07 Å². The predicted molar refractivity (Wildman–Crippen MR) is 246 cm³/mol. The first-order chi connectivity index (χ1) is 29.1. The summed E-state index contributed by atoms with van der Waals surface area (Å²) in [5.41, 5.74) is 19.8. The molecule has 2 saturated carbocycles. The Bertz CT molecular complexity index is 2920. The lowest BCUT2D eigenvalue weighted by molar-refractivity contribution is 0.0368. The van der Waals surface area contributed by atoms with Gasteiger partial charge in [-0.15, -0.1) is 0 Å². The van der Waals surface area contributed by atoms with Gasteiger partial charge in [-0.2, -0.15) is 0 Å². The van der Waals surface area contributed by atoms with E-state index in [9.17, 15) is 0 Å². The zero-order valence-electron chi connectivity index (χ0n) is 35.8. The molecule has 296 valence electrons. The van der Waals surface area contributed by atoms with Gasteiger partial charge in [-0.1, -0.05) is 157 Å². The van der Waals surface area contributed by atoms with Crippen molar-refractivity contribution in [3.63, 3.8) is 0 Å². The maximum absolute atomic E-state index is 5.30. The minimum Gasteiger partial charge on any atom is -0.208 e. The lowest BCUT2D eigenvalue weighted by atomic mass is 9.49. The van der Waals surface area contributed by atoms with Crippen molar-refractivity contribution >= 4 is 0 Å². The van der Waals surface area contributed by atoms with E-state index in [2.05, 4.69) is 163 Å². The van der Waals surface area contributed by atoms with E-state index >= 15 is 0 Å². The quantitative estimate of drug-likeness (QED) is 0.179. The number of aromatic nitrogens is 3. The largest absolute Gasteiger partial charge is 0.208 e. The molecule has 0 saturated heterocycles. The molecule has 1 aromatic heterocycles. The van der Waals surface area contributed by atoms with Crippen LogP contribution in [0.2, 0.25) is 0 Å². The second-order valence-electron chi connectivity index (χ2n) is 20.0. The first kappa shape index (κ1) is 36.2. The zero-order valence-corrected chi connectivity index (χ0v) is 35.8. The maximum Gasteiger partial charge on any atom is 0.164 e. The lowest BCUT2D eigenvalue weighted by Crippen LogP contribution is -2.49. The minimum absolute atomic E-state index is 0.0610. The Labute approximate surface area is 355 Å². The van der Waals surface area contributed by atoms with Crippen molar-refractivity contribution in [2.75, 3.05) is 0 Å². The highest BCUT2D eigenvalue weighted by Gasteiger charge is 2.57. The van der Waals surface area contributed by atoms with Crippen LogP contribution in [0.3, 0.4) is 0 Å². The standard InChI is InChI=1S/C57H53N3/c1-7-34-26-35-25-33(2)57(39(27-34)28-35)48-20-14-12-18-41(48)45-31-44-42-23-21-38(30-49(42)56(5,6)50(44)32-51(45)57)54-59-52(36-15-9-8-10-16-36)58-53(60-54)37-22-24-47-43(29-37)40-17-11-13-19-46(40)55(47,3)4/h8-24,29-35,39H,7,25-28H2,1-6H3. The normalized spacial score (nSPS) is 24.3. The second-order valence-corrected chi connectivity index (χ2v) is 20.0. The highest BCUT2D eigenvalue weighted by molar-refractivity contribution is 5.91. The number of benzene rings is 6. The van der Waals surface area contributed by atoms with Gasteiger partial charge in [0.15, 0.2) is 17.5 Å². The van der Waals surface area contributed by atoms with Crippen molar-refractivity contribution < 1.29 is 0 Å². The molecule has 6 aromatic carbocycles. The Morgan fingerprint density at radius 2 is 1.00 bits per heavy atom. The van der Waals surface area contributed by atoms with Crippen LogP contribution in [-0.2, 0) is 16.2 Å². The Hall–Kier alpha value is -5.67. The summed E-state index contributed by atoms with van der Waals surface area (Å²) in [6.45, 7) is 14.5. The number of nitrogens with zero attached hydrogens (tertiary/aromatic N) is 3. The van der Waals surface area contributed by atoms with Crippen LogP contribution in [0.25, 0.3) is 67.5 Å². The molecule has 3 nitrogen and oxygen atoms in total. The molecule has 7 aromatic rings. The van der Waals surface area contributed by atoms with Crippen molar-refractivity contribution in [2.45, 2.75) is 89.9 Å². The van der Waals surface area contributed by atoms with Crippen LogP contribution >= 0.6 is 0 Å². The van der Waals surface area contributed by atoms with Crippen molar-refractivity contribution in [3.05, 3.63) is 161 Å². The zero-order chi connectivity index (χ0) is 40.7. The number of hydrogen-bond donors (Lipinski definition) is 0. The Balaban J connectivity index is 0.994. The molecule has 1 spiro atoms. The fourth-order valence-electron chi connectivity index (χ4n) is 13.4. The van der Waals surface area contributed by atoms with Crippen molar-refractivity contribution in [3.8, 4) is 67.5 Å². The first-order valence-corrected chi connectivity index (χ1v) is 22.6. The van der Waals surface area contributed by atoms with Crippen LogP contribution in [0, 0.1) is 23.7 Å². The second kappa shape index (κ2) is 12.7. The molecule has 5 atom stereocenters. The lowest BCUT2D eigenvalue weighted by Gasteiger charge is -2.55. The number of rotatable bonds is 4. The summed E-state index contributed by atoms with van der Waals surface area (Å²) >= 11 is 0. The molecule has 5 aliphatic carbocycles. The van der Waals surface area contributed by atoms with Gasteiger partial charge in [0.05, 0.1) is 0 Å². The summed E-state index contributed by atoms with van der Waals surface area (Å²) in [7, 11) is 0. The van der Waals surface area contributed by atoms with Gasteiger partial charge in [-0.3, -0.25) is 0 Å². The van der Waals surface area contributed by atoms with E-state index in [1.54, 1.807) is 11.1 Å². The van der Waals surface area contributed by atoms with E-state index in [-0.39, 0.29) is 16.2 Å². The van der Waals surface area contributed by atoms with Crippen LogP contribution in [-0.4, -0.2) is 15.0 Å². The maximum atomic E-state index is 5.30. The minimum atomic E-state index is -0.192. The predicted octanol–water partition coefficient (Wildman–Crippen LogP) is 14.2. The van der Waals surface area contributed by atoms with Crippen LogP contribution in [0.15, 0.2) is 127 Å². The third kappa shape index (κ3) is 4.87. The topological polar surface area (TPSA) is 38.7 Å². The molecule has 2 fully saturated rings. The van der Waals surface area contributed by atoms with Gasteiger partial charge in [0.2, 0.25) is 0 Å². The average molecular weight is 780 g/mol. The average Bonchev–Trinajstić information content (AvgIpc) is 3.79. The number of fused-ring (bicyclic) bond motifs is 14. The third-order valence-corrected chi connectivity index (χ3v) is 16.3. The highest BCUT2D eigenvalue weighted by Crippen LogP contribution is 2.66. The molecular formula is C57H53N3. The SMILES string of the molecule is CCC1CC2CC(C)C3(c4ccccc4-c4cc5c(cc43)C(C)(C)c3cc(-c4nc(-c6ccccc6)nc(-c6ccc7c(c6)-c6ccccc6C7(C)C)n4)ccc3-5)C(C1)C2. The molecule has 5 unspecified atom stereocenters.